The fraction of sp³-hybridized carbons (Fsp3) is 0.842. The van der Waals surface area contributed by atoms with Gasteiger partial charge < -0.3 is 20.5 Å². The second kappa shape index (κ2) is 11.9. The Balaban J connectivity index is 0.00000300. The number of ether oxygens (including phenoxy) is 1. The van der Waals surface area contributed by atoms with Gasteiger partial charge in [0, 0.05) is 51.2 Å². The Morgan fingerprint density at radius 1 is 1.38 bits per heavy atom. The van der Waals surface area contributed by atoms with Gasteiger partial charge in [0.25, 0.3) is 0 Å². The summed E-state index contributed by atoms with van der Waals surface area (Å²) in [5.41, 5.74) is -0.0395. The first kappa shape index (κ1) is 24.1. The largest absolute Gasteiger partial charge is 0.396 e. The minimum absolute atomic E-state index is 0. The maximum absolute atomic E-state index is 12.4. The predicted octanol–water partition coefficient (Wildman–Crippen LogP) is 0.733. The quantitative estimate of drug-likeness (QED) is 0.191. The summed E-state index contributed by atoms with van der Waals surface area (Å²) in [5, 5.41) is 20.4. The summed E-state index contributed by atoms with van der Waals surface area (Å²) in [6.07, 6.45) is 5.52. The standard InChI is InChI=1S/C19H34N6O3.HI/c1-2-20-17(22-14-19(7-12-26)8-13-28-15-19)21-9-5-11-25-18(27)24-10-4-3-6-16(24)23-25;/h26H,2-15H2,1H3,(H2,20,21,22);1H. The molecule has 9 nitrogen and oxygen atoms in total. The van der Waals surface area contributed by atoms with Crippen molar-refractivity contribution in [1.82, 2.24) is 25.0 Å². The summed E-state index contributed by atoms with van der Waals surface area (Å²) >= 11 is 0. The van der Waals surface area contributed by atoms with Crippen molar-refractivity contribution in [3.8, 4) is 0 Å². The average molecular weight is 522 g/mol. The normalized spacial score (nSPS) is 21.5. The number of hydrogen-bond acceptors (Lipinski definition) is 5. The van der Waals surface area contributed by atoms with E-state index in [1.54, 1.807) is 4.68 Å². The number of aromatic nitrogens is 3. The molecule has 0 aliphatic carbocycles. The molecule has 0 amide bonds. The smallest absolute Gasteiger partial charge is 0.345 e. The van der Waals surface area contributed by atoms with E-state index in [1.165, 1.54) is 0 Å². The third kappa shape index (κ3) is 6.42. The van der Waals surface area contributed by atoms with Crippen LogP contribution in [0.25, 0.3) is 0 Å². The summed E-state index contributed by atoms with van der Waals surface area (Å²) in [6, 6.07) is 0. The van der Waals surface area contributed by atoms with Crippen molar-refractivity contribution in [2.75, 3.05) is 39.5 Å². The Bertz CT molecular complexity index is 711. The molecule has 0 bridgehead atoms. The number of guanidine groups is 1. The highest BCUT2D eigenvalue weighted by atomic mass is 127. The van der Waals surface area contributed by atoms with Crippen LogP contribution >= 0.6 is 24.0 Å². The second-order valence-electron chi connectivity index (χ2n) is 7.78. The molecule has 1 atom stereocenters. The molecule has 10 heteroatoms. The fourth-order valence-corrected chi connectivity index (χ4v) is 3.91. The van der Waals surface area contributed by atoms with Crippen molar-refractivity contribution >= 4 is 29.9 Å². The van der Waals surface area contributed by atoms with Gasteiger partial charge in [-0.05, 0) is 39.0 Å². The molecule has 1 aromatic heterocycles. The number of aliphatic imine (C=N–C) groups is 1. The summed E-state index contributed by atoms with van der Waals surface area (Å²) in [6.45, 7) is 7.12. The van der Waals surface area contributed by atoms with E-state index in [0.29, 0.717) is 32.7 Å². The lowest BCUT2D eigenvalue weighted by Crippen LogP contribution is -2.39. The third-order valence-corrected chi connectivity index (χ3v) is 5.61. The van der Waals surface area contributed by atoms with Crippen LogP contribution in [0.2, 0.25) is 0 Å². The molecule has 0 radical (unpaired) electrons. The molecule has 1 aromatic rings. The number of aryl methyl sites for hydroxylation is 2. The number of hydrogen-bond donors (Lipinski definition) is 3. The van der Waals surface area contributed by atoms with Crippen molar-refractivity contribution in [2.24, 2.45) is 10.4 Å². The van der Waals surface area contributed by atoms with Crippen LogP contribution in [0.1, 0.15) is 44.9 Å². The SMILES string of the molecule is CCNC(=NCC1(CCO)CCOC1)NCCCn1nc2n(c1=O)CCCC2.I. The maximum atomic E-state index is 12.4. The van der Waals surface area contributed by atoms with Crippen LogP contribution in [0.15, 0.2) is 9.79 Å². The Hall–Kier alpha value is -1.14. The molecule has 1 unspecified atom stereocenters. The highest BCUT2D eigenvalue weighted by Gasteiger charge is 2.34. The topological polar surface area (TPSA) is 106 Å². The average Bonchev–Trinajstić information content (AvgIpc) is 3.29. The van der Waals surface area contributed by atoms with Gasteiger partial charge in [0.05, 0.1) is 13.2 Å². The predicted molar refractivity (Wildman–Crippen MR) is 123 cm³/mol. The van der Waals surface area contributed by atoms with E-state index in [9.17, 15) is 9.90 Å². The van der Waals surface area contributed by atoms with E-state index in [1.807, 2.05) is 11.5 Å². The monoisotopic (exact) mass is 522 g/mol. The lowest BCUT2D eigenvalue weighted by atomic mass is 9.84. The third-order valence-electron chi connectivity index (χ3n) is 5.61. The van der Waals surface area contributed by atoms with E-state index in [2.05, 4.69) is 15.7 Å². The zero-order valence-corrected chi connectivity index (χ0v) is 19.7. The van der Waals surface area contributed by atoms with Crippen LogP contribution in [-0.2, 0) is 24.2 Å². The van der Waals surface area contributed by atoms with E-state index in [0.717, 1.165) is 63.6 Å². The number of halogens is 1. The minimum atomic E-state index is -0.0556. The van der Waals surface area contributed by atoms with Gasteiger partial charge in [-0.3, -0.25) is 9.56 Å². The van der Waals surface area contributed by atoms with Gasteiger partial charge in [-0.15, -0.1) is 24.0 Å². The first-order valence-corrected chi connectivity index (χ1v) is 10.5. The van der Waals surface area contributed by atoms with E-state index in [-0.39, 0.29) is 41.7 Å². The molecular weight excluding hydrogens is 487 g/mol. The highest BCUT2D eigenvalue weighted by Crippen LogP contribution is 2.32. The van der Waals surface area contributed by atoms with Crippen LogP contribution in [0, 0.1) is 5.41 Å². The van der Waals surface area contributed by atoms with Gasteiger partial charge in [0.15, 0.2) is 5.96 Å². The number of rotatable bonds is 9. The van der Waals surface area contributed by atoms with Crippen molar-refractivity contribution < 1.29 is 9.84 Å². The Kier molecular flexibility index (Phi) is 9.90. The first-order chi connectivity index (χ1) is 13.7. The van der Waals surface area contributed by atoms with E-state index in [4.69, 9.17) is 9.73 Å². The minimum Gasteiger partial charge on any atom is -0.396 e. The maximum Gasteiger partial charge on any atom is 0.345 e. The molecule has 0 aromatic carbocycles. The molecule has 3 heterocycles. The lowest BCUT2D eigenvalue weighted by Gasteiger charge is -2.24. The Morgan fingerprint density at radius 2 is 2.24 bits per heavy atom. The van der Waals surface area contributed by atoms with Gasteiger partial charge in [-0.2, -0.15) is 5.10 Å². The van der Waals surface area contributed by atoms with E-state index < -0.39 is 0 Å². The van der Waals surface area contributed by atoms with Gasteiger partial charge in [0.2, 0.25) is 0 Å². The number of aliphatic hydroxyl groups excluding tert-OH is 1. The molecule has 0 spiro atoms. The Labute approximate surface area is 189 Å². The van der Waals surface area contributed by atoms with Crippen molar-refractivity contribution in [3.63, 3.8) is 0 Å². The van der Waals surface area contributed by atoms with Crippen LogP contribution in [0.3, 0.4) is 0 Å². The number of nitrogens with zero attached hydrogens (tertiary/aromatic N) is 4. The fourth-order valence-electron chi connectivity index (χ4n) is 3.91. The van der Waals surface area contributed by atoms with Crippen molar-refractivity contribution in [2.45, 2.75) is 58.5 Å². The lowest BCUT2D eigenvalue weighted by molar-refractivity contribution is 0.131. The zero-order valence-electron chi connectivity index (χ0n) is 17.4. The molecule has 2 aliphatic rings. The summed E-state index contributed by atoms with van der Waals surface area (Å²) in [5.74, 6) is 1.69. The molecule has 3 rings (SSSR count). The molecule has 1 saturated heterocycles. The molecule has 3 N–H and O–H groups in total. The number of nitrogens with one attached hydrogen (secondary N) is 2. The highest BCUT2D eigenvalue weighted by molar-refractivity contribution is 14.0. The zero-order chi connectivity index (χ0) is 19.8. The van der Waals surface area contributed by atoms with Crippen LogP contribution in [-0.4, -0.2) is 64.9 Å². The van der Waals surface area contributed by atoms with Crippen molar-refractivity contribution in [1.29, 1.82) is 0 Å². The molecule has 2 aliphatic heterocycles. The first-order valence-electron chi connectivity index (χ1n) is 10.5. The van der Waals surface area contributed by atoms with E-state index >= 15 is 0 Å². The molecule has 1 fully saturated rings. The van der Waals surface area contributed by atoms with Crippen LogP contribution < -0.4 is 16.3 Å². The molecular formula is C19H35IN6O3. The number of aliphatic hydroxyl groups is 1. The van der Waals surface area contributed by atoms with Gasteiger partial charge in [-0.25, -0.2) is 9.48 Å². The van der Waals surface area contributed by atoms with Gasteiger partial charge in [-0.1, -0.05) is 0 Å². The summed E-state index contributed by atoms with van der Waals surface area (Å²) < 4.78 is 8.94. The Morgan fingerprint density at radius 3 is 2.93 bits per heavy atom. The van der Waals surface area contributed by atoms with Crippen LogP contribution in [0.4, 0.5) is 0 Å². The molecule has 0 saturated carbocycles. The van der Waals surface area contributed by atoms with Gasteiger partial charge >= 0.3 is 5.69 Å². The second-order valence-corrected chi connectivity index (χ2v) is 7.78. The summed E-state index contributed by atoms with van der Waals surface area (Å²) in [4.78, 5) is 17.1. The van der Waals surface area contributed by atoms with Crippen molar-refractivity contribution in [3.05, 3.63) is 16.3 Å². The molecule has 29 heavy (non-hydrogen) atoms. The number of fused-ring (bicyclic) bond motifs is 1. The molecule has 166 valence electrons. The van der Waals surface area contributed by atoms with Gasteiger partial charge in [0.1, 0.15) is 5.82 Å². The summed E-state index contributed by atoms with van der Waals surface area (Å²) in [7, 11) is 0. The van der Waals surface area contributed by atoms with Crippen LogP contribution in [0.5, 0.6) is 0 Å².